The minimum atomic E-state index is 0.0729. The summed E-state index contributed by atoms with van der Waals surface area (Å²) >= 11 is 5.07. The standard InChI is InChI=1S/C16H24O2S/c1-15(2,3)11-17-14(19)18-13-9-7-12(8-10-13)16(4,5)6/h7-10H,11H2,1-6H3. The summed E-state index contributed by atoms with van der Waals surface area (Å²) < 4.78 is 10.9. The van der Waals surface area contributed by atoms with Crippen LogP contribution in [0.2, 0.25) is 0 Å². The zero-order chi connectivity index (χ0) is 14.7. The van der Waals surface area contributed by atoms with E-state index >= 15 is 0 Å². The fourth-order valence-corrected chi connectivity index (χ4v) is 1.58. The molecule has 0 bridgehead atoms. The lowest BCUT2D eigenvalue weighted by Gasteiger charge is -2.20. The van der Waals surface area contributed by atoms with E-state index in [1.54, 1.807) is 0 Å². The van der Waals surface area contributed by atoms with Crippen molar-refractivity contribution in [3.05, 3.63) is 29.8 Å². The highest BCUT2D eigenvalue weighted by molar-refractivity contribution is 7.79. The van der Waals surface area contributed by atoms with Crippen molar-refractivity contribution in [2.45, 2.75) is 47.0 Å². The van der Waals surface area contributed by atoms with Gasteiger partial charge in [0.2, 0.25) is 0 Å². The lowest BCUT2D eigenvalue weighted by atomic mass is 9.87. The summed E-state index contributed by atoms with van der Waals surface area (Å²) in [7, 11) is 0. The van der Waals surface area contributed by atoms with Gasteiger partial charge in [-0.2, -0.15) is 0 Å². The first-order valence-electron chi connectivity index (χ1n) is 6.53. The van der Waals surface area contributed by atoms with Crippen molar-refractivity contribution in [2.75, 3.05) is 6.61 Å². The molecule has 0 fully saturated rings. The first-order valence-corrected chi connectivity index (χ1v) is 6.94. The molecule has 106 valence electrons. The van der Waals surface area contributed by atoms with Gasteiger partial charge in [-0.1, -0.05) is 53.7 Å². The van der Waals surface area contributed by atoms with Crippen LogP contribution >= 0.6 is 12.2 Å². The number of ether oxygens (including phenoxy) is 2. The molecule has 0 atom stereocenters. The maximum Gasteiger partial charge on any atom is 0.357 e. The smallest absolute Gasteiger partial charge is 0.357 e. The van der Waals surface area contributed by atoms with Crippen LogP contribution in [0.1, 0.15) is 47.1 Å². The van der Waals surface area contributed by atoms with Gasteiger partial charge in [0.05, 0.1) is 6.61 Å². The number of benzene rings is 1. The normalized spacial score (nSPS) is 12.1. The molecule has 0 aliphatic rings. The molecule has 0 aliphatic carbocycles. The topological polar surface area (TPSA) is 18.5 Å². The molecule has 0 N–H and O–H groups in total. The molecule has 2 nitrogen and oxygen atoms in total. The zero-order valence-corrected chi connectivity index (χ0v) is 13.6. The highest BCUT2D eigenvalue weighted by Crippen LogP contribution is 2.24. The van der Waals surface area contributed by atoms with Gasteiger partial charge in [0.25, 0.3) is 0 Å². The third-order valence-corrected chi connectivity index (χ3v) is 2.75. The van der Waals surface area contributed by atoms with Crippen LogP contribution in [0, 0.1) is 5.41 Å². The maximum absolute atomic E-state index is 5.49. The third kappa shape index (κ3) is 6.06. The first-order chi connectivity index (χ1) is 8.58. The molecule has 0 radical (unpaired) electrons. The molecular formula is C16H24O2S. The lowest BCUT2D eigenvalue weighted by Crippen LogP contribution is -2.20. The monoisotopic (exact) mass is 280 g/mol. The predicted octanol–water partition coefficient (Wildman–Crippen LogP) is 4.71. The second kappa shape index (κ2) is 5.91. The van der Waals surface area contributed by atoms with Gasteiger partial charge in [-0.15, -0.1) is 0 Å². The van der Waals surface area contributed by atoms with E-state index in [4.69, 9.17) is 21.7 Å². The van der Waals surface area contributed by atoms with Crippen molar-refractivity contribution in [2.24, 2.45) is 5.41 Å². The van der Waals surface area contributed by atoms with Gasteiger partial charge in [0.1, 0.15) is 5.75 Å². The van der Waals surface area contributed by atoms with Gasteiger partial charge >= 0.3 is 5.24 Å². The second-order valence-corrected chi connectivity index (χ2v) is 7.31. The van der Waals surface area contributed by atoms with Crippen molar-refractivity contribution in [1.29, 1.82) is 0 Å². The average Bonchev–Trinajstić information content (AvgIpc) is 2.25. The Morgan fingerprint density at radius 3 is 1.95 bits per heavy atom. The van der Waals surface area contributed by atoms with E-state index < -0.39 is 0 Å². The molecule has 1 aromatic carbocycles. The highest BCUT2D eigenvalue weighted by Gasteiger charge is 2.15. The average molecular weight is 280 g/mol. The molecule has 0 heterocycles. The van der Waals surface area contributed by atoms with Crippen molar-refractivity contribution in [3.8, 4) is 5.75 Å². The molecule has 1 aromatic rings. The summed E-state index contributed by atoms with van der Waals surface area (Å²) in [5.41, 5.74) is 1.48. The van der Waals surface area contributed by atoms with Crippen molar-refractivity contribution in [1.82, 2.24) is 0 Å². The maximum atomic E-state index is 5.49. The first kappa shape index (κ1) is 16.0. The number of hydrogen-bond acceptors (Lipinski definition) is 3. The van der Waals surface area contributed by atoms with Crippen molar-refractivity contribution >= 4 is 17.5 Å². The molecule has 0 aliphatic heterocycles. The van der Waals surface area contributed by atoms with Crippen molar-refractivity contribution in [3.63, 3.8) is 0 Å². The zero-order valence-electron chi connectivity index (χ0n) is 12.7. The van der Waals surface area contributed by atoms with Gasteiger partial charge in [-0.3, -0.25) is 0 Å². The highest BCUT2D eigenvalue weighted by atomic mass is 32.1. The Kier molecular flexibility index (Phi) is 4.97. The van der Waals surface area contributed by atoms with Crippen LogP contribution in [-0.4, -0.2) is 11.8 Å². The van der Waals surface area contributed by atoms with Crippen LogP contribution in [0.4, 0.5) is 0 Å². The molecule has 19 heavy (non-hydrogen) atoms. The number of rotatable bonds is 2. The van der Waals surface area contributed by atoms with Crippen molar-refractivity contribution < 1.29 is 9.47 Å². The Morgan fingerprint density at radius 1 is 1.00 bits per heavy atom. The van der Waals surface area contributed by atoms with Gasteiger partial charge in [-0.05, 0) is 28.5 Å². The molecule has 0 aromatic heterocycles. The van der Waals surface area contributed by atoms with E-state index in [0.29, 0.717) is 12.4 Å². The molecule has 0 unspecified atom stereocenters. The van der Waals surface area contributed by atoms with E-state index in [-0.39, 0.29) is 16.1 Å². The van der Waals surface area contributed by atoms with Gasteiger partial charge in [0.15, 0.2) is 0 Å². The summed E-state index contributed by atoms with van der Waals surface area (Å²) in [5, 5.41) is 0.179. The molecule has 0 saturated heterocycles. The summed E-state index contributed by atoms with van der Waals surface area (Å²) in [6.45, 7) is 13.4. The molecule has 1 rings (SSSR count). The van der Waals surface area contributed by atoms with E-state index in [2.05, 4.69) is 53.7 Å². The number of hydrogen-bond donors (Lipinski definition) is 0. The van der Waals surface area contributed by atoms with Gasteiger partial charge < -0.3 is 9.47 Å². The van der Waals surface area contributed by atoms with E-state index in [1.807, 2.05) is 12.1 Å². The minimum absolute atomic E-state index is 0.0729. The Balaban J connectivity index is 2.56. The molecule has 0 saturated carbocycles. The molecule has 0 amide bonds. The van der Waals surface area contributed by atoms with Crippen LogP contribution in [0.5, 0.6) is 5.75 Å². The summed E-state index contributed by atoms with van der Waals surface area (Å²) in [5.74, 6) is 0.715. The summed E-state index contributed by atoms with van der Waals surface area (Å²) in [6, 6.07) is 7.96. The Hall–Kier alpha value is -1.09. The number of thiocarbonyl (C=S) groups is 1. The van der Waals surface area contributed by atoms with E-state index in [0.717, 1.165) is 0 Å². The fourth-order valence-electron chi connectivity index (χ4n) is 1.42. The lowest BCUT2D eigenvalue weighted by molar-refractivity contribution is 0.160. The van der Waals surface area contributed by atoms with Crippen LogP contribution in [0.3, 0.4) is 0 Å². The summed E-state index contributed by atoms with van der Waals surface area (Å²) in [6.07, 6.45) is 0. The quantitative estimate of drug-likeness (QED) is 0.731. The summed E-state index contributed by atoms with van der Waals surface area (Å²) in [4.78, 5) is 0. The molecular weight excluding hydrogens is 256 g/mol. The van der Waals surface area contributed by atoms with E-state index in [1.165, 1.54) is 5.56 Å². The van der Waals surface area contributed by atoms with Crippen LogP contribution in [-0.2, 0) is 10.2 Å². The Labute approximate surface area is 122 Å². The molecule has 0 spiro atoms. The fraction of sp³-hybridized carbons (Fsp3) is 0.562. The van der Waals surface area contributed by atoms with Crippen LogP contribution < -0.4 is 4.74 Å². The van der Waals surface area contributed by atoms with Gasteiger partial charge in [-0.25, -0.2) is 0 Å². The van der Waals surface area contributed by atoms with Gasteiger partial charge in [0, 0.05) is 12.2 Å². The van der Waals surface area contributed by atoms with Crippen LogP contribution in [0.15, 0.2) is 24.3 Å². The third-order valence-electron chi connectivity index (χ3n) is 2.54. The second-order valence-electron chi connectivity index (χ2n) is 6.98. The van der Waals surface area contributed by atoms with E-state index in [9.17, 15) is 0 Å². The predicted molar refractivity (Wildman–Crippen MR) is 83.8 cm³/mol. The SMILES string of the molecule is CC(C)(C)COC(=S)Oc1ccc(C(C)(C)C)cc1. The van der Waals surface area contributed by atoms with Crippen LogP contribution in [0.25, 0.3) is 0 Å². The molecule has 3 heteroatoms. The Morgan fingerprint density at radius 2 is 1.53 bits per heavy atom. The largest absolute Gasteiger partial charge is 0.456 e. The minimum Gasteiger partial charge on any atom is -0.456 e. The Bertz CT molecular complexity index is 422.